The number of aliphatic hydroxyl groups excluding tert-OH is 1. The minimum atomic E-state index is -0.828. The van der Waals surface area contributed by atoms with Gasteiger partial charge in [0.1, 0.15) is 6.10 Å². The molecule has 1 aliphatic heterocycles. The molecule has 0 bridgehead atoms. The average Bonchev–Trinajstić information content (AvgIpc) is 3.25. The van der Waals surface area contributed by atoms with Crippen molar-refractivity contribution < 1.29 is 24.2 Å². The molecule has 1 aromatic carbocycles. The molecule has 0 aliphatic carbocycles. The first-order valence-corrected chi connectivity index (χ1v) is 8.59. The van der Waals surface area contributed by atoms with Crippen LogP contribution in [0.15, 0.2) is 29.6 Å². The third kappa shape index (κ3) is 4.09. The van der Waals surface area contributed by atoms with E-state index in [4.69, 9.17) is 9.47 Å². The Bertz CT molecular complexity index is 789. The lowest BCUT2D eigenvalue weighted by Crippen LogP contribution is -2.41. The normalized spacial score (nSPS) is 13.4. The standard InChI is InChI=1S/C17H18N2O5S/c1-10-4-5-25-15(10)12(20)8-19-17(22)16(21)18-7-11-2-3-13-14(6-11)24-9-23-13/h2-6,12,20H,7-9H2,1H3,(H,18,21)(H,19,22). The molecule has 3 N–H and O–H groups in total. The van der Waals surface area contributed by atoms with Crippen molar-refractivity contribution in [2.24, 2.45) is 0 Å². The fraction of sp³-hybridized carbons (Fsp3) is 0.294. The lowest BCUT2D eigenvalue weighted by atomic mass is 10.2. The van der Waals surface area contributed by atoms with E-state index in [0.717, 1.165) is 16.0 Å². The highest BCUT2D eigenvalue weighted by molar-refractivity contribution is 7.10. The Morgan fingerprint density at radius 2 is 1.96 bits per heavy atom. The molecule has 2 aromatic rings. The van der Waals surface area contributed by atoms with Crippen molar-refractivity contribution in [1.29, 1.82) is 0 Å². The number of aliphatic hydroxyl groups is 1. The van der Waals surface area contributed by atoms with Crippen LogP contribution in [-0.4, -0.2) is 30.3 Å². The van der Waals surface area contributed by atoms with Crippen molar-refractivity contribution in [1.82, 2.24) is 10.6 Å². The van der Waals surface area contributed by atoms with Gasteiger partial charge in [0.2, 0.25) is 6.79 Å². The topological polar surface area (TPSA) is 96.9 Å². The van der Waals surface area contributed by atoms with E-state index in [1.54, 1.807) is 18.2 Å². The number of benzene rings is 1. The van der Waals surface area contributed by atoms with Gasteiger partial charge in [-0.3, -0.25) is 9.59 Å². The summed E-state index contributed by atoms with van der Waals surface area (Å²) >= 11 is 1.41. The second kappa shape index (κ2) is 7.54. The Hall–Kier alpha value is -2.58. The van der Waals surface area contributed by atoms with Crippen LogP contribution in [-0.2, 0) is 16.1 Å². The van der Waals surface area contributed by atoms with Crippen LogP contribution in [0.3, 0.4) is 0 Å². The molecule has 1 unspecified atom stereocenters. The van der Waals surface area contributed by atoms with Gasteiger partial charge in [-0.05, 0) is 41.6 Å². The Labute approximate surface area is 148 Å². The van der Waals surface area contributed by atoms with Gasteiger partial charge in [-0.15, -0.1) is 11.3 Å². The molecule has 0 fully saturated rings. The summed E-state index contributed by atoms with van der Waals surface area (Å²) in [6.45, 7) is 2.24. The van der Waals surface area contributed by atoms with Crippen LogP contribution in [0.2, 0.25) is 0 Å². The molecular formula is C17H18N2O5S. The van der Waals surface area contributed by atoms with Crippen molar-refractivity contribution >= 4 is 23.2 Å². The van der Waals surface area contributed by atoms with E-state index in [2.05, 4.69) is 10.6 Å². The van der Waals surface area contributed by atoms with Crippen molar-refractivity contribution in [3.63, 3.8) is 0 Å². The minimum Gasteiger partial charge on any atom is -0.454 e. The second-order valence-corrected chi connectivity index (χ2v) is 6.51. The summed E-state index contributed by atoms with van der Waals surface area (Å²) in [6, 6.07) is 7.19. The van der Waals surface area contributed by atoms with Gasteiger partial charge in [0, 0.05) is 18.0 Å². The van der Waals surface area contributed by atoms with Crippen LogP contribution in [0.4, 0.5) is 0 Å². The Kier molecular flexibility index (Phi) is 5.20. The SMILES string of the molecule is Cc1ccsc1C(O)CNC(=O)C(=O)NCc1ccc2c(c1)OCO2. The van der Waals surface area contributed by atoms with Crippen LogP contribution in [0, 0.1) is 6.92 Å². The number of nitrogens with one attached hydrogen (secondary N) is 2. The Morgan fingerprint density at radius 3 is 2.72 bits per heavy atom. The highest BCUT2D eigenvalue weighted by Gasteiger charge is 2.18. The number of ether oxygens (including phenoxy) is 2. The lowest BCUT2D eigenvalue weighted by molar-refractivity contribution is -0.139. The maximum absolute atomic E-state index is 11.9. The van der Waals surface area contributed by atoms with Crippen molar-refractivity contribution in [2.75, 3.05) is 13.3 Å². The molecule has 2 amide bonds. The quantitative estimate of drug-likeness (QED) is 0.696. The summed E-state index contributed by atoms with van der Waals surface area (Å²) < 4.78 is 10.5. The number of rotatable bonds is 5. The molecule has 0 saturated carbocycles. The first-order chi connectivity index (χ1) is 12.0. The molecule has 3 rings (SSSR count). The second-order valence-electron chi connectivity index (χ2n) is 5.56. The van der Waals surface area contributed by atoms with E-state index < -0.39 is 17.9 Å². The zero-order valence-electron chi connectivity index (χ0n) is 13.6. The summed E-state index contributed by atoms with van der Waals surface area (Å²) in [6.07, 6.45) is -0.828. The maximum atomic E-state index is 11.9. The van der Waals surface area contributed by atoms with Crippen LogP contribution in [0.5, 0.6) is 11.5 Å². The van der Waals surface area contributed by atoms with Gasteiger partial charge in [0.05, 0.1) is 0 Å². The molecule has 2 heterocycles. The van der Waals surface area contributed by atoms with E-state index >= 15 is 0 Å². The molecule has 25 heavy (non-hydrogen) atoms. The third-order valence-corrected chi connectivity index (χ3v) is 4.88. The Balaban J connectivity index is 1.46. The van der Waals surface area contributed by atoms with Crippen LogP contribution < -0.4 is 20.1 Å². The summed E-state index contributed by atoms with van der Waals surface area (Å²) in [7, 11) is 0. The van der Waals surface area contributed by atoms with Crippen molar-refractivity contribution in [3.05, 3.63) is 45.6 Å². The zero-order valence-corrected chi connectivity index (χ0v) is 14.4. The van der Waals surface area contributed by atoms with E-state index in [1.165, 1.54) is 11.3 Å². The molecular weight excluding hydrogens is 344 g/mol. The predicted molar refractivity (Wildman–Crippen MR) is 91.4 cm³/mol. The number of carbonyl (C=O) groups is 2. The highest BCUT2D eigenvalue weighted by atomic mass is 32.1. The fourth-order valence-corrected chi connectivity index (χ4v) is 3.31. The number of fused-ring (bicyclic) bond motifs is 1. The van der Waals surface area contributed by atoms with E-state index in [9.17, 15) is 14.7 Å². The van der Waals surface area contributed by atoms with Gasteiger partial charge in [0.15, 0.2) is 11.5 Å². The molecule has 0 spiro atoms. The summed E-state index contributed by atoms with van der Waals surface area (Å²) in [4.78, 5) is 24.5. The number of aryl methyl sites for hydroxylation is 1. The lowest BCUT2D eigenvalue weighted by Gasteiger charge is -2.11. The van der Waals surface area contributed by atoms with Crippen LogP contribution >= 0.6 is 11.3 Å². The van der Waals surface area contributed by atoms with Crippen LogP contribution in [0.25, 0.3) is 0 Å². The summed E-state index contributed by atoms with van der Waals surface area (Å²) in [5.41, 5.74) is 1.75. The monoisotopic (exact) mass is 362 g/mol. The molecule has 1 aromatic heterocycles. The first-order valence-electron chi connectivity index (χ1n) is 7.71. The molecule has 8 heteroatoms. The van der Waals surface area contributed by atoms with Crippen LogP contribution in [0.1, 0.15) is 22.1 Å². The van der Waals surface area contributed by atoms with Gasteiger partial charge in [-0.2, -0.15) is 0 Å². The highest BCUT2D eigenvalue weighted by Crippen LogP contribution is 2.32. The molecule has 132 valence electrons. The number of hydrogen-bond acceptors (Lipinski definition) is 6. The van der Waals surface area contributed by atoms with E-state index in [1.807, 2.05) is 18.4 Å². The summed E-state index contributed by atoms with van der Waals surface area (Å²) in [5.74, 6) is -0.266. The molecule has 1 aliphatic rings. The first kappa shape index (κ1) is 17.2. The number of thiophene rings is 1. The summed E-state index contributed by atoms with van der Waals surface area (Å²) in [5, 5.41) is 16.9. The van der Waals surface area contributed by atoms with E-state index in [-0.39, 0.29) is 19.9 Å². The minimum absolute atomic E-state index is 0.0162. The van der Waals surface area contributed by atoms with Gasteiger partial charge in [-0.25, -0.2) is 0 Å². The third-order valence-electron chi connectivity index (χ3n) is 3.76. The van der Waals surface area contributed by atoms with Gasteiger partial charge >= 0.3 is 11.8 Å². The molecule has 1 atom stereocenters. The van der Waals surface area contributed by atoms with Crippen molar-refractivity contribution in [2.45, 2.75) is 19.6 Å². The fourth-order valence-electron chi connectivity index (χ4n) is 2.40. The average molecular weight is 362 g/mol. The zero-order chi connectivity index (χ0) is 17.8. The van der Waals surface area contributed by atoms with Crippen molar-refractivity contribution in [3.8, 4) is 11.5 Å². The molecule has 0 saturated heterocycles. The number of hydrogen-bond donors (Lipinski definition) is 3. The largest absolute Gasteiger partial charge is 0.454 e. The molecule has 7 nitrogen and oxygen atoms in total. The maximum Gasteiger partial charge on any atom is 0.309 e. The predicted octanol–water partition coefficient (Wildman–Crippen LogP) is 1.25. The van der Waals surface area contributed by atoms with Gasteiger partial charge < -0.3 is 25.2 Å². The number of amides is 2. The van der Waals surface area contributed by atoms with Gasteiger partial charge in [0.25, 0.3) is 0 Å². The van der Waals surface area contributed by atoms with Gasteiger partial charge in [-0.1, -0.05) is 6.07 Å². The molecule has 0 radical (unpaired) electrons. The Morgan fingerprint density at radius 1 is 1.20 bits per heavy atom. The smallest absolute Gasteiger partial charge is 0.309 e. The number of carbonyl (C=O) groups excluding carboxylic acids is 2. The van der Waals surface area contributed by atoms with E-state index in [0.29, 0.717) is 11.5 Å².